The van der Waals surface area contributed by atoms with Gasteiger partial charge in [-0.2, -0.15) is 0 Å². The van der Waals surface area contributed by atoms with Crippen molar-refractivity contribution in [3.05, 3.63) is 62.3 Å². The molecule has 2 aromatic rings. The Morgan fingerprint density at radius 2 is 1.85 bits per heavy atom. The standard InChI is InChI=1S/C17H19N5O4/c1-12-3-2-4-17(18-12)19-13-7-9-20(10-8-13)15-6-5-14(21(23)24)11-16(15)22(25)26/h2-6,11,13H,7-10H2,1H3,(H,18,19). The van der Waals surface area contributed by atoms with Crippen molar-refractivity contribution in [1.29, 1.82) is 0 Å². The lowest BCUT2D eigenvalue weighted by molar-refractivity contribution is -0.393. The van der Waals surface area contributed by atoms with E-state index >= 15 is 0 Å². The molecule has 1 N–H and O–H groups in total. The van der Waals surface area contributed by atoms with Gasteiger partial charge in [0.2, 0.25) is 0 Å². The fraction of sp³-hybridized carbons (Fsp3) is 0.353. The molecule has 0 saturated carbocycles. The van der Waals surface area contributed by atoms with Gasteiger partial charge >= 0.3 is 0 Å². The first-order valence-corrected chi connectivity index (χ1v) is 8.32. The number of benzene rings is 1. The summed E-state index contributed by atoms with van der Waals surface area (Å²) in [6.45, 7) is 3.19. The van der Waals surface area contributed by atoms with E-state index in [0.717, 1.165) is 30.4 Å². The van der Waals surface area contributed by atoms with Gasteiger partial charge in [-0.3, -0.25) is 20.2 Å². The van der Waals surface area contributed by atoms with Crippen LogP contribution < -0.4 is 10.2 Å². The Labute approximate surface area is 150 Å². The van der Waals surface area contributed by atoms with E-state index in [-0.39, 0.29) is 17.4 Å². The number of rotatable bonds is 5. The predicted molar refractivity (Wildman–Crippen MR) is 97.6 cm³/mol. The SMILES string of the molecule is Cc1cccc(NC2CCN(c3ccc([N+](=O)[O-])cc3[N+](=O)[O-])CC2)n1. The van der Waals surface area contributed by atoms with E-state index in [1.54, 1.807) is 0 Å². The monoisotopic (exact) mass is 357 g/mol. The Balaban J connectivity index is 1.69. The third-order valence-corrected chi connectivity index (χ3v) is 4.44. The molecule has 0 spiro atoms. The Bertz CT molecular complexity index is 834. The van der Waals surface area contributed by atoms with Crippen LogP contribution >= 0.6 is 0 Å². The highest BCUT2D eigenvalue weighted by Gasteiger charge is 2.27. The van der Waals surface area contributed by atoms with E-state index in [1.807, 2.05) is 30.0 Å². The van der Waals surface area contributed by atoms with Crippen LogP contribution in [0.15, 0.2) is 36.4 Å². The summed E-state index contributed by atoms with van der Waals surface area (Å²) in [6.07, 6.45) is 1.59. The van der Waals surface area contributed by atoms with Crippen molar-refractivity contribution in [2.75, 3.05) is 23.3 Å². The van der Waals surface area contributed by atoms with Crippen molar-refractivity contribution in [2.45, 2.75) is 25.8 Å². The second kappa shape index (κ2) is 7.34. The minimum atomic E-state index is -0.623. The number of nitrogens with one attached hydrogen (secondary N) is 1. The van der Waals surface area contributed by atoms with Crippen LogP contribution in [0.4, 0.5) is 22.9 Å². The van der Waals surface area contributed by atoms with Crippen LogP contribution in [0.3, 0.4) is 0 Å². The summed E-state index contributed by atoms with van der Waals surface area (Å²) in [4.78, 5) is 27.3. The summed E-state index contributed by atoms with van der Waals surface area (Å²) < 4.78 is 0. The number of nitro groups is 2. The maximum Gasteiger partial charge on any atom is 0.299 e. The minimum absolute atomic E-state index is 0.231. The summed E-state index contributed by atoms with van der Waals surface area (Å²) >= 11 is 0. The average molecular weight is 357 g/mol. The number of hydrogen-bond acceptors (Lipinski definition) is 7. The molecule has 0 atom stereocenters. The van der Waals surface area contributed by atoms with Crippen LogP contribution in [-0.2, 0) is 0 Å². The van der Waals surface area contributed by atoms with Crippen LogP contribution in [0, 0.1) is 27.2 Å². The Morgan fingerprint density at radius 3 is 2.46 bits per heavy atom. The molecule has 9 heteroatoms. The Kier molecular flexibility index (Phi) is 4.97. The van der Waals surface area contributed by atoms with Crippen molar-refractivity contribution < 1.29 is 9.85 Å². The maximum atomic E-state index is 11.3. The first-order chi connectivity index (χ1) is 12.4. The zero-order valence-electron chi connectivity index (χ0n) is 14.3. The average Bonchev–Trinajstić information content (AvgIpc) is 2.62. The number of nitrogens with zero attached hydrogens (tertiary/aromatic N) is 4. The van der Waals surface area contributed by atoms with E-state index in [2.05, 4.69) is 10.3 Å². The minimum Gasteiger partial charge on any atom is -0.367 e. The number of piperidine rings is 1. The molecular formula is C17H19N5O4. The molecule has 136 valence electrons. The van der Waals surface area contributed by atoms with Gasteiger partial charge in [0, 0.05) is 30.9 Å². The van der Waals surface area contributed by atoms with E-state index in [0.29, 0.717) is 18.8 Å². The van der Waals surface area contributed by atoms with Crippen molar-refractivity contribution in [3.63, 3.8) is 0 Å². The Hall–Kier alpha value is -3.23. The molecule has 0 amide bonds. The molecule has 1 aromatic carbocycles. The maximum absolute atomic E-state index is 11.3. The molecular weight excluding hydrogens is 338 g/mol. The van der Waals surface area contributed by atoms with Gasteiger partial charge in [0.05, 0.1) is 15.9 Å². The molecule has 0 aliphatic carbocycles. The highest BCUT2D eigenvalue weighted by molar-refractivity contribution is 5.67. The predicted octanol–water partition coefficient (Wildman–Crippen LogP) is 3.29. The van der Waals surface area contributed by atoms with E-state index < -0.39 is 9.85 Å². The summed E-state index contributed by atoms with van der Waals surface area (Å²) in [5, 5.41) is 25.6. The van der Waals surface area contributed by atoms with Gasteiger partial charge in [-0.1, -0.05) is 6.07 Å². The Morgan fingerprint density at radius 1 is 1.12 bits per heavy atom. The summed E-state index contributed by atoms with van der Waals surface area (Å²) in [6, 6.07) is 9.83. The van der Waals surface area contributed by atoms with Crippen LogP contribution in [0.5, 0.6) is 0 Å². The van der Waals surface area contributed by atoms with Crippen LogP contribution in [0.1, 0.15) is 18.5 Å². The van der Waals surface area contributed by atoms with Crippen molar-refractivity contribution in [1.82, 2.24) is 4.98 Å². The quantitative estimate of drug-likeness (QED) is 0.645. The van der Waals surface area contributed by atoms with Crippen LogP contribution in [0.2, 0.25) is 0 Å². The molecule has 2 heterocycles. The number of nitro benzene ring substituents is 2. The summed E-state index contributed by atoms with van der Waals surface area (Å²) in [5.74, 6) is 0.824. The lowest BCUT2D eigenvalue weighted by Gasteiger charge is -2.33. The molecule has 9 nitrogen and oxygen atoms in total. The molecule has 1 aliphatic heterocycles. The summed E-state index contributed by atoms with van der Waals surface area (Å²) in [5.41, 5.74) is 0.857. The lowest BCUT2D eigenvalue weighted by Crippen LogP contribution is -2.39. The molecule has 0 unspecified atom stereocenters. The van der Waals surface area contributed by atoms with Crippen molar-refractivity contribution in [2.24, 2.45) is 0 Å². The van der Waals surface area contributed by atoms with Gasteiger partial charge in [0.25, 0.3) is 11.4 Å². The zero-order chi connectivity index (χ0) is 18.7. The first-order valence-electron chi connectivity index (χ1n) is 8.32. The molecule has 1 saturated heterocycles. The third-order valence-electron chi connectivity index (χ3n) is 4.44. The number of anilines is 2. The normalized spacial score (nSPS) is 14.9. The van der Waals surface area contributed by atoms with Crippen molar-refractivity contribution in [3.8, 4) is 0 Å². The number of pyridine rings is 1. The van der Waals surface area contributed by atoms with Gasteiger partial charge in [0.15, 0.2) is 0 Å². The fourth-order valence-electron chi connectivity index (χ4n) is 3.14. The van der Waals surface area contributed by atoms with E-state index in [1.165, 1.54) is 12.1 Å². The largest absolute Gasteiger partial charge is 0.367 e. The lowest BCUT2D eigenvalue weighted by atomic mass is 10.0. The fourth-order valence-corrected chi connectivity index (χ4v) is 3.14. The molecule has 3 rings (SSSR count). The topological polar surface area (TPSA) is 114 Å². The zero-order valence-corrected chi connectivity index (χ0v) is 14.3. The van der Waals surface area contributed by atoms with E-state index in [4.69, 9.17) is 0 Å². The van der Waals surface area contributed by atoms with Gasteiger partial charge in [-0.25, -0.2) is 4.98 Å². The molecule has 26 heavy (non-hydrogen) atoms. The third kappa shape index (κ3) is 3.88. The second-order valence-corrected chi connectivity index (χ2v) is 6.26. The van der Waals surface area contributed by atoms with Gasteiger partial charge in [0.1, 0.15) is 11.5 Å². The van der Waals surface area contributed by atoms with Crippen LogP contribution in [0.25, 0.3) is 0 Å². The van der Waals surface area contributed by atoms with Gasteiger partial charge in [-0.05, 0) is 38.0 Å². The number of aromatic nitrogens is 1. The van der Waals surface area contributed by atoms with E-state index in [9.17, 15) is 20.2 Å². The number of non-ortho nitro benzene ring substituents is 1. The number of hydrogen-bond donors (Lipinski definition) is 1. The van der Waals surface area contributed by atoms with Crippen molar-refractivity contribution >= 4 is 22.9 Å². The summed E-state index contributed by atoms with van der Waals surface area (Å²) in [7, 11) is 0. The molecule has 1 fully saturated rings. The second-order valence-electron chi connectivity index (χ2n) is 6.26. The van der Waals surface area contributed by atoms with Crippen LogP contribution in [-0.4, -0.2) is 34.0 Å². The highest BCUT2D eigenvalue weighted by atomic mass is 16.6. The molecule has 0 bridgehead atoms. The molecule has 1 aromatic heterocycles. The molecule has 1 aliphatic rings. The first kappa shape index (κ1) is 17.6. The highest BCUT2D eigenvalue weighted by Crippen LogP contribution is 2.33. The van der Waals surface area contributed by atoms with Gasteiger partial charge in [-0.15, -0.1) is 0 Å². The smallest absolute Gasteiger partial charge is 0.299 e. The number of aryl methyl sites for hydroxylation is 1. The molecule has 0 radical (unpaired) electrons. The van der Waals surface area contributed by atoms with Gasteiger partial charge < -0.3 is 10.2 Å².